The predicted octanol–water partition coefficient (Wildman–Crippen LogP) is 7.87. The highest BCUT2D eigenvalue weighted by Crippen LogP contribution is 2.36. The molecule has 0 saturated heterocycles. The molecule has 0 bridgehead atoms. The van der Waals surface area contributed by atoms with Gasteiger partial charge in [-0.2, -0.15) is 0 Å². The molecule has 38 heavy (non-hydrogen) atoms. The first-order valence-electron chi connectivity index (χ1n) is 13.9. The summed E-state index contributed by atoms with van der Waals surface area (Å²) in [7, 11) is 1.51. The zero-order chi connectivity index (χ0) is 27.3. The summed E-state index contributed by atoms with van der Waals surface area (Å²) in [5.41, 5.74) is 3.28. The van der Waals surface area contributed by atoms with Crippen molar-refractivity contribution in [3.63, 3.8) is 0 Å². The third-order valence-electron chi connectivity index (χ3n) is 7.45. The molecule has 0 N–H and O–H groups in total. The van der Waals surface area contributed by atoms with Crippen LogP contribution in [0.4, 0.5) is 0 Å². The fraction of sp³-hybridized carbons (Fsp3) is 0.455. The van der Waals surface area contributed by atoms with E-state index < -0.39 is 11.9 Å². The van der Waals surface area contributed by atoms with E-state index in [1.165, 1.54) is 64.6 Å². The Hall–Kier alpha value is -3.18. The monoisotopic (exact) mass is 518 g/mol. The maximum atomic E-state index is 12.1. The van der Waals surface area contributed by atoms with Crippen LogP contribution in [0.5, 0.6) is 11.5 Å². The first-order chi connectivity index (χ1) is 18.4. The van der Waals surface area contributed by atoms with E-state index in [-0.39, 0.29) is 12.2 Å². The number of hydrogen-bond donors (Lipinski definition) is 0. The van der Waals surface area contributed by atoms with E-state index >= 15 is 0 Å². The van der Waals surface area contributed by atoms with Crippen LogP contribution in [-0.4, -0.2) is 25.7 Å². The molecule has 0 heterocycles. The minimum atomic E-state index is -0.509. The average Bonchev–Trinajstić information content (AvgIpc) is 2.93. The van der Waals surface area contributed by atoms with Gasteiger partial charge in [-0.15, -0.1) is 0 Å². The molecule has 1 fully saturated rings. The van der Waals surface area contributed by atoms with Crippen LogP contribution in [0, 0.1) is 11.8 Å². The number of unbranched alkanes of at least 4 members (excludes halogenated alkanes) is 2. The summed E-state index contributed by atoms with van der Waals surface area (Å²) in [6.07, 6.45) is 13.8. The van der Waals surface area contributed by atoms with Crippen molar-refractivity contribution in [1.29, 1.82) is 0 Å². The molecule has 0 unspecified atom stereocenters. The second-order valence-electron chi connectivity index (χ2n) is 10.3. The van der Waals surface area contributed by atoms with E-state index in [2.05, 4.69) is 26.1 Å². The van der Waals surface area contributed by atoms with Gasteiger partial charge in [0, 0.05) is 13.2 Å². The number of aryl methyl sites for hydroxylation is 1. The minimum absolute atomic E-state index is 0.128. The number of carbonyl (C=O) groups is 2. The Morgan fingerprint density at radius 2 is 1.58 bits per heavy atom. The van der Waals surface area contributed by atoms with Gasteiger partial charge >= 0.3 is 11.9 Å². The predicted molar refractivity (Wildman–Crippen MR) is 152 cm³/mol. The van der Waals surface area contributed by atoms with Gasteiger partial charge in [-0.05, 0) is 65.6 Å². The first-order valence-corrected chi connectivity index (χ1v) is 13.9. The van der Waals surface area contributed by atoms with Crippen LogP contribution < -0.4 is 9.47 Å². The lowest BCUT2D eigenvalue weighted by Gasteiger charge is -2.28. The van der Waals surface area contributed by atoms with E-state index in [9.17, 15) is 9.59 Å². The van der Waals surface area contributed by atoms with Crippen molar-refractivity contribution in [1.82, 2.24) is 0 Å². The highest BCUT2D eigenvalue weighted by atomic mass is 16.5. The molecule has 5 heteroatoms. The van der Waals surface area contributed by atoms with Gasteiger partial charge in [0.1, 0.15) is 11.5 Å². The van der Waals surface area contributed by atoms with Crippen LogP contribution in [0.1, 0.15) is 70.3 Å². The van der Waals surface area contributed by atoms with E-state index in [0.29, 0.717) is 17.4 Å². The third kappa shape index (κ3) is 8.98. The molecule has 1 saturated carbocycles. The topological polar surface area (TPSA) is 61.8 Å². The second kappa shape index (κ2) is 15.3. The molecule has 2 aromatic carbocycles. The Bertz CT molecular complexity index is 1080. The van der Waals surface area contributed by atoms with Gasteiger partial charge in [-0.25, -0.2) is 9.59 Å². The Morgan fingerprint density at radius 3 is 2.21 bits per heavy atom. The van der Waals surface area contributed by atoms with Crippen LogP contribution in [0.25, 0.3) is 11.1 Å². The molecule has 1 aliphatic rings. The summed E-state index contributed by atoms with van der Waals surface area (Å²) in [6.45, 7) is 9.60. The lowest BCUT2D eigenvalue weighted by molar-refractivity contribution is -0.131. The normalized spacial score (nSPS) is 17.0. The van der Waals surface area contributed by atoms with Crippen molar-refractivity contribution in [2.75, 3.05) is 13.7 Å². The number of carbonyl (C=O) groups excluding carboxylic acids is 2. The van der Waals surface area contributed by atoms with E-state index in [0.717, 1.165) is 35.4 Å². The largest absolute Gasteiger partial charge is 0.423 e. The quantitative estimate of drug-likeness (QED) is 0.110. The lowest BCUT2D eigenvalue weighted by Crippen LogP contribution is -2.15. The number of benzene rings is 2. The van der Waals surface area contributed by atoms with Crippen LogP contribution in [-0.2, 0) is 20.7 Å². The Kier molecular flexibility index (Phi) is 11.8. The molecule has 1 aliphatic carbocycles. The standard InChI is InChI=1S/C33H42O5/c1-5-7-8-9-25-10-12-26(13-11-25)14-15-29-22-28(18-21-31(29)38-32(34)6-2)27-16-19-30(20-17-27)37-33(35)24(3)23-36-4/h6,16-22,25-26H,2-3,5,7-15,23H2,1,4H3. The third-order valence-corrected chi connectivity index (χ3v) is 7.45. The first kappa shape index (κ1) is 29.4. The van der Waals surface area contributed by atoms with Gasteiger partial charge in [0.05, 0.1) is 12.2 Å². The summed E-state index contributed by atoms with van der Waals surface area (Å²) < 4.78 is 15.9. The van der Waals surface area contributed by atoms with Crippen molar-refractivity contribution >= 4 is 11.9 Å². The Balaban J connectivity index is 1.66. The molecule has 3 rings (SSSR count). The van der Waals surface area contributed by atoms with Gasteiger partial charge < -0.3 is 14.2 Å². The molecule has 204 valence electrons. The van der Waals surface area contributed by atoms with Gasteiger partial charge in [0.2, 0.25) is 0 Å². The summed E-state index contributed by atoms with van der Waals surface area (Å²) in [6, 6.07) is 13.3. The number of ether oxygens (including phenoxy) is 3. The van der Waals surface area contributed by atoms with Crippen molar-refractivity contribution in [2.24, 2.45) is 11.8 Å². The Labute approximate surface area is 227 Å². The average molecular weight is 519 g/mol. The lowest BCUT2D eigenvalue weighted by atomic mass is 9.77. The van der Waals surface area contributed by atoms with Crippen LogP contribution in [0.15, 0.2) is 67.3 Å². The molecular weight excluding hydrogens is 476 g/mol. The van der Waals surface area contributed by atoms with E-state index in [1.807, 2.05) is 24.3 Å². The van der Waals surface area contributed by atoms with Gasteiger partial charge in [-0.3, -0.25) is 0 Å². The van der Waals surface area contributed by atoms with Crippen LogP contribution in [0.3, 0.4) is 0 Å². The second-order valence-corrected chi connectivity index (χ2v) is 10.3. The molecule has 2 aromatic rings. The molecule has 0 aliphatic heterocycles. The zero-order valence-electron chi connectivity index (χ0n) is 23.0. The summed E-state index contributed by atoms with van der Waals surface area (Å²) in [5.74, 6) is 1.68. The van der Waals surface area contributed by atoms with Crippen LogP contribution >= 0.6 is 0 Å². The maximum Gasteiger partial charge on any atom is 0.341 e. The fourth-order valence-corrected chi connectivity index (χ4v) is 5.18. The molecule has 0 aromatic heterocycles. The Morgan fingerprint density at radius 1 is 0.921 bits per heavy atom. The maximum absolute atomic E-state index is 12.1. The zero-order valence-corrected chi connectivity index (χ0v) is 23.0. The number of esters is 2. The fourth-order valence-electron chi connectivity index (χ4n) is 5.18. The summed E-state index contributed by atoms with van der Waals surface area (Å²) >= 11 is 0. The van der Waals surface area contributed by atoms with Crippen molar-refractivity contribution in [3.8, 4) is 22.6 Å². The smallest absolute Gasteiger partial charge is 0.341 e. The van der Waals surface area contributed by atoms with Gasteiger partial charge in [0.15, 0.2) is 0 Å². The van der Waals surface area contributed by atoms with Crippen molar-refractivity contribution in [3.05, 3.63) is 72.8 Å². The van der Waals surface area contributed by atoms with Crippen LogP contribution in [0.2, 0.25) is 0 Å². The minimum Gasteiger partial charge on any atom is -0.423 e. The molecule has 0 radical (unpaired) electrons. The molecule has 5 nitrogen and oxygen atoms in total. The number of hydrogen-bond acceptors (Lipinski definition) is 5. The molecular formula is C33H42O5. The van der Waals surface area contributed by atoms with Crippen molar-refractivity contribution < 1.29 is 23.8 Å². The SMILES string of the molecule is C=CC(=O)Oc1ccc(-c2ccc(OC(=O)C(=C)COC)cc2)cc1CCC1CCC(CCCCC)CC1. The molecule has 0 amide bonds. The highest BCUT2D eigenvalue weighted by Gasteiger charge is 2.21. The van der Waals surface area contributed by atoms with Gasteiger partial charge in [-0.1, -0.05) is 89.6 Å². The molecule has 0 spiro atoms. The highest BCUT2D eigenvalue weighted by molar-refractivity contribution is 5.89. The summed E-state index contributed by atoms with van der Waals surface area (Å²) in [5, 5.41) is 0. The molecule has 0 atom stereocenters. The summed E-state index contributed by atoms with van der Waals surface area (Å²) in [4.78, 5) is 24.0. The van der Waals surface area contributed by atoms with Crippen molar-refractivity contribution in [2.45, 2.75) is 71.1 Å². The van der Waals surface area contributed by atoms with E-state index in [1.54, 1.807) is 12.1 Å². The number of rotatable bonds is 14. The number of methoxy groups -OCH3 is 1. The van der Waals surface area contributed by atoms with Gasteiger partial charge in [0.25, 0.3) is 0 Å². The van der Waals surface area contributed by atoms with E-state index in [4.69, 9.17) is 14.2 Å².